The van der Waals surface area contributed by atoms with Gasteiger partial charge < -0.3 is 15.1 Å². The highest BCUT2D eigenvalue weighted by Gasteiger charge is 2.23. The molecule has 0 spiro atoms. The standard InChI is InChI=1S/C17H19NO3/c1-2-15(14-10-6-7-11-16(14)19)18(12-17(20)21)13-8-4-3-5-9-13/h3-11,15,19H,2,12H2,1H3,(H,20,21). The van der Waals surface area contributed by atoms with Gasteiger partial charge in [0.05, 0.1) is 6.04 Å². The number of para-hydroxylation sites is 2. The second-order valence-corrected chi connectivity index (χ2v) is 4.84. The number of carboxylic acids is 1. The summed E-state index contributed by atoms with van der Waals surface area (Å²) < 4.78 is 0. The molecule has 0 aliphatic heterocycles. The molecule has 0 radical (unpaired) electrons. The van der Waals surface area contributed by atoms with Gasteiger partial charge in [0.15, 0.2) is 0 Å². The largest absolute Gasteiger partial charge is 0.508 e. The number of phenols is 1. The molecule has 4 nitrogen and oxygen atoms in total. The van der Waals surface area contributed by atoms with Crippen LogP contribution >= 0.6 is 0 Å². The van der Waals surface area contributed by atoms with E-state index in [1.165, 1.54) is 0 Å². The molecule has 0 aliphatic rings. The van der Waals surface area contributed by atoms with Crippen molar-refractivity contribution in [2.75, 3.05) is 11.4 Å². The zero-order valence-electron chi connectivity index (χ0n) is 11.9. The van der Waals surface area contributed by atoms with Crippen molar-refractivity contribution in [3.8, 4) is 5.75 Å². The predicted molar refractivity (Wildman–Crippen MR) is 82.6 cm³/mol. The van der Waals surface area contributed by atoms with Crippen LogP contribution in [0, 0.1) is 0 Å². The van der Waals surface area contributed by atoms with Crippen LogP contribution in [0.3, 0.4) is 0 Å². The Kier molecular flexibility index (Phi) is 4.82. The van der Waals surface area contributed by atoms with Crippen molar-refractivity contribution < 1.29 is 15.0 Å². The smallest absolute Gasteiger partial charge is 0.323 e. The molecule has 0 saturated heterocycles. The second kappa shape index (κ2) is 6.79. The first kappa shape index (κ1) is 14.9. The third kappa shape index (κ3) is 3.54. The van der Waals surface area contributed by atoms with E-state index in [1.54, 1.807) is 17.0 Å². The summed E-state index contributed by atoms with van der Waals surface area (Å²) in [6.45, 7) is 1.87. The Morgan fingerprint density at radius 1 is 1.10 bits per heavy atom. The number of benzene rings is 2. The fourth-order valence-corrected chi connectivity index (χ4v) is 2.52. The molecular formula is C17H19NO3. The van der Waals surface area contributed by atoms with Crippen LogP contribution in [-0.4, -0.2) is 22.7 Å². The molecule has 0 heterocycles. The van der Waals surface area contributed by atoms with Gasteiger partial charge in [-0.05, 0) is 24.6 Å². The zero-order valence-corrected chi connectivity index (χ0v) is 11.9. The third-order valence-electron chi connectivity index (χ3n) is 3.45. The number of nitrogens with zero attached hydrogens (tertiary/aromatic N) is 1. The number of hydrogen-bond acceptors (Lipinski definition) is 3. The van der Waals surface area contributed by atoms with E-state index in [-0.39, 0.29) is 18.3 Å². The minimum absolute atomic E-state index is 0.114. The van der Waals surface area contributed by atoms with Crippen LogP contribution < -0.4 is 4.90 Å². The van der Waals surface area contributed by atoms with E-state index in [2.05, 4.69) is 0 Å². The Morgan fingerprint density at radius 2 is 1.71 bits per heavy atom. The molecule has 4 heteroatoms. The molecule has 21 heavy (non-hydrogen) atoms. The molecule has 0 fully saturated rings. The molecular weight excluding hydrogens is 266 g/mol. The van der Waals surface area contributed by atoms with Gasteiger partial charge in [-0.1, -0.05) is 43.3 Å². The van der Waals surface area contributed by atoms with E-state index in [1.807, 2.05) is 49.4 Å². The summed E-state index contributed by atoms with van der Waals surface area (Å²) in [7, 11) is 0. The highest BCUT2D eigenvalue weighted by molar-refractivity contribution is 5.74. The fraction of sp³-hybridized carbons (Fsp3) is 0.235. The lowest BCUT2D eigenvalue weighted by atomic mass is 10.0. The number of carbonyl (C=O) groups is 1. The van der Waals surface area contributed by atoms with Crippen LogP contribution in [0.5, 0.6) is 5.75 Å². The number of aliphatic carboxylic acids is 1. The first-order valence-electron chi connectivity index (χ1n) is 6.94. The summed E-state index contributed by atoms with van der Waals surface area (Å²) in [5.41, 5.74) is 1.57. The molecule has 0 aromatic heterocycles. The molecule has 0 bridgehead atoms. The SMILES string of the molecule is CCC(c1ccccc1O)N(CC(=O)O)c1ccccc1. The van der Waals surface area contributed by atoms with Gasteiger partial charge >= 0.3 is 5.97 Å². The number of rotatable bonds is 6. The van der Waals surface area contributed by atoms with Crippen molar-refractivity contribution in [3.05, 3.63) is 60.2 Å². The second-order valence-electron chi connectivity index (χ2n) is 4.84. The number of aromatic hydroxyl groups is 1. The summed E-state index contributed by atoms with van der Waals surface area (Å²) in [6.07, 6.45) is 0.694. The molecule has 0 amide bonds. The number of carboxylic acid groups (broad SMARTS) is 1. The lowest BCUT2D eigenvalue weighted by Gasteiger charge is -2.32. The van der Waals surface area contributed by atoms with Crippen LogP contribution in [0.2, 0.25) is 0 Å². The van der Waals surface area contributed by atoms with Crippen LogP contribution in [0.25, 0.3) is 0 Å². The summed E-state index contributed by atoms with van der Waals surface area (Å²) in [5, 5.41) is 19.3. The topological polar surface area (TPSA) is 60.8 Å². The summed E-state index contributed by atoms with van der Waals surface area (Å²) in [5.74, 6) is -0.705. The van der Waals surface area contributed by atoms with E-state index in [9.17, 15) is 15.0 Å². The van der Waals surface area contributed by atoms with Crippen LogP contribution in [0.4, 0.5) is 5.69 Å². The lowest BCUT2D eigenvalue weighted by molar-refractivity contribution is -0.135. The van der Waals surface area contributed by atoms with E-state index in [0.717, 1.165) is 11.3 Å². The highest BCUT2D eigenvalue weighted by atomic mass is 16.4. The average molecular weight is 285 g/mol. The van der Waals surface area contributed by atoms with Gasteiger partial charge in [0.25, 0.3) is 0 Å². The highest BCUT2D eigenvalue weighted by Crippen LogP contribution is 2.34. The first-order valence-corrected chi connectivity index (χ1v) is 6.94. The Labute approximate surface area is 124 Å². The van der Waals surface area contributed by atoms with Gasteiger partial charge in [0.1, 0.15) is 12.3 Å². The molecule has 1 atom stereocenters. The molecule has 2 aromatic carbocycles. The summed E-state index contributed by atoms with van der Waals surface area (Å²) >= 11 is 0. The van der Waals surface area contributed by atoms with Crippen molar-refractivity contribution in [2.24, 2.45) is 0 Å². The van der Waals surface area contributed by atoms with Crippen LogP contribution in [-0.2, 0) is 4.79 Å². The van der Waals surface area contributed by atoms with E-state index < -0.39 is 5.97 Å². The van der Waals surface area contributed by atoms with Crippen molar-refractivity contribution in [1.82, 2.24) is 0 Å². The van der Waals surface area contributed by atoms with Crippen molar-refractivity contribution in [1.29, 1.82) is 0 Å². The molecule has 2 rings (SSSR count). The summed E-state index contributed by atoms with van der Waals surface area (Å²) in [6, 6.07) is 16.3. The Balaban J connectivity index is 2.43. The fourth-order valence-electron chi connectivity index (χ4n) is 2.52. The minimum Gasteiger partial charge on any atom is -0.508 e. The minimum atomic E-state index is -0.896. The number of anilines is 1. The maximum Gasteiger partial charge on any atom is 0.323 e. The van der Waals surface area contributed by atoms with E-state index in [0.29, 0.717) is 6.42 Å². The third-order valence-corrected chi connectivity index (χ3v) is 3.45. The van der Waals surface area contributed by atoms with Crippen LogP contribution in [0.15, 0.2) is 54.6 Å². The van der Waals surface area contributed by atoms with Gasteiger partial charge in [-0.2, -0.15) is 0 Å². The molecule has 1 unspecified atom stereocenters. The summed E-state index contributed by atoms with van der Waals surface area (Å²) in [4.78, 5) is 13.0. The van der Waals surface area contributed by atoms with E-state index >= 15 is 0 Å². The number of phenolic OH excluding ortho intramolecular Hbond substituents is 1. The van der Waals surface area contributed by atoms with Crippen LogP contribution in [0.1, 0.15) is 24.9 Å². The van der Waals surface area contributed by atoms with E-state index in [4.69, 9.17) is 0 Å². The average Bonchev–Trinajstić information content (AvgIpc) is 2.49. The van der Waals surface area contributed by atoms with Gasteiger partial charge in [0.2, 0.25) is 0 Å². The molecule has 2 N–H and O–H groups in total. The van der Waals surface area contributed by atoms with Gasteiger partial charge in [-0.25, -0.2) is 0 Å². The monoisotopic (exact) mass is 285 g/mol. The Hall–Kier alpha value is -2.49. The molecule has 0 aliphatic carbocycles. The Bertz CT molecular complexity index is 598. The zero-order chi connectivity index (χ0) is 15.2. The van der Waals surface area contributed by atoms with Crippen molar-refractivity contribution in [2.45, 2.75) is 19.4 Å². The molecule has 2 aromatic rings. The predicted octanol–water partition coefficient (Wildman–Crippen LogP) is 3.43. The van der Waals surface area contributed by atoms with Crippen molar-refractivity contribution in [3.63, 3.8) is 0 Å². The van der Waals surface area contributed by atoms with Gasteiger partial charge in [0, 0.05) is 11.3 Å². The maximum absolute atomic E-state index is 11.2. The quantitative estimate of drug-likeness (QED) is 0.853. The van der Waals surface area contributed by atoms with Gasteiger partial charge in [-0.15, -0.1) is 0 Å². The van der Waals surface area contributed by atoms with Gasteiger partial charge in [-0.3, -0.25) is 4.79 Å². The Morgan fingerprint density at radius 3 is 2.29 bits per heavy atom. The molecule has 0 saturated carbocycles. The lowest BCUT2D eigenvalue weighted by Crippen LogP contribution is -2.33. The number of hydrogen-bond donors (Lipinski definition) is 2. The van der Waals surface area contributed by atoms with Crippen molar-refractivity contribution >= 4 is 11.7 Å². The molecule has 110 valence electrons. The maximum atomic E-state index is 11.2. The normalized spacial score (nSPS) is 11.9. The first-order chi connectivity index (χ1) is 10.1.